The highest BCUT2D eigenvalue weighted by Gasteiger charge is 2.32. The first-order valence-electron chi connectivity index (χ1n) is 41.7. The van der Waals surface area contributed by atoms with Gasteiger partial charge in [-0.1, -0.05) is 48.5 Å². The monoisotopic (exact) mass is 1740 g/mol. The molecule has 128 heavy (non-hydrogen) atoms. The number of amides is 8. The van der Waals surface area contributed by atoms with E-state index in [-0.39, 0.29) is 84.7 Å². The zero-order valence-electron chi connectivity index (χ0n) is 69.6. The standard InChI is InChI=1S/C23H24FN7O3.C23H24FN7O2.C21H20FN7O2.C20H20FN7O2/c24-17-3-1-2-14(10-17)4-7-25-23-30-22(27-18-5-8-34-9-6-18)29-20-16(13-26-31(20)23)11-15-12-19(32)28-21(15)33;1-13(15-5-6-15)27-22-29-20-17(10-16-11-19(32)28-21(16)33)12-26-31(20)23(30-22)25-8-7-14-3-2-4-18(24)9-14;22-15-3-1-2-12(8-15)6-7-23-21-28-20(25-16-4-5-16)27-18-14(11-24-29(18)21)9-13-10-17(30)26-19(13)31;1-27(2)20-25-17-14(9-13-10-16(29)24-18(13)30)11-23-28(17)19(26-20)22-7-6-12-4-3-5-15(21)8-12/h1-3,10-11,13,18H,4-9,12H2,(H,28,32,33)(H2,25,27,29,30);2-4,9-10,12-13,15H,5-8,11H2,1H3,(H,28,32,33)(H2,25,27,29,30);1-3,8-9,11,16H,4-7,10H2,(H,26,30,31)(H2,23,25,27,28);3-5,8-9,11H,6-7,10H2,1-2H3,(H,22,25,26)(H,24,29,30)/b15-11+;16-10+;2*13-9+. The molecule has 41 heteroatoms. The number of nitrogens with one attached hydrogen (secondary N) is 11. The highest BCUT2D eigenvalue weighted by molar-refractivity contribution is 6.18. The van der Waals surface area contributed by atoms with Gasteiger partial charge in [0.2, 0.25) is 71.2 Å². The van der Waals surface area contributed by atoms with Crippen molar-refractivity contribution in [1.29, 1.82) is 0 Å². The van der Waals surface area contributed by atoms with Crippen LogP contribution >= 0.6 is 0 Å². The lowest BCUT2D eigenvalue weighted by atomic mass is 10.1. The molecule has 8 aromatic heterocycles. The lowest BCUT2D eigenvalue weighted by Crippen LogP contribution is -2.29. The summed E-state index contributed by atoms with van der Waals surface area (Å²) in [6.45, 7) is 5.49. The molecule has 2 saturated carbocycles. The predicted molar refractivity (Wildman–Crippen MR) is 465 cm³/mol. The predicted octanol–water partition coefficient (Wildman–Crippen LogP) is 7.83. The molecule has 7 aliphatic rings. The van der Waals surface area contributed by atoms with Crippen molar-refractivity contribution < 1.29 is 60.7 Å². The quantitative estimate of drug-likeness (QED) is 0.0126. The number of halogens is 4. The number of hydrogen-bond donors (Lipinski definition) is 11. The minimum atomic E-state index is -0.410. The molecule has 658 valence electrons. The Morgan fingerprint density at radius 1 is 0.406 bits per heavy atom. The van der Waals surface area contributed by atoms with Crippen molar-refractivity contribution in [3.63, 3.8) is 0 Å². The Bertz CT molecular complexity index is 6440. The van der Waals surface area contributed by atoms with Gasteiger partial charge in [0.05, 0.1) is 50.5 Å². The summed E-state index contributed by atoms with van der Waals surface area (Å²) in [5.41, 5.74) is 9.41. The molecule has 5 saturated heterocycles. The largest absolute Gasteiger partial charge is 0.381 e. The molecule has 0 radical (unpaired) electrons. The fourth-order valence-corrected chi connectivity index (χ4v) is 14.5. The zero-order chi connectivity index (χ0) is 89.1. The van der Waals surface area contributed by atoms with Crippen molar-refractivity contribution in [3.05, 3.63) is 212 Å². The number of fused-ring (bicyclic) bond motifs is 4. The van der Waals surface area contributed by atoms with Crippen LogP contribution in [-0.2, 0) is 68.8 Å². The van der Waals surface area contributed by atoms with Crippen LogP contribution < -0.4 is 63.4 Å². The van der Waals surface area contributed by atoms with Gasteiger partial charge >= 0.3 is 0 Å². The number of nitrogens with zero attached hydrogens (tertiary/aromatic N) is 17. The molecule has 13 heterocycles. The average Bonchev–Trinajstić information content (AvgIpc) is 1.64. The summed E-state index contributed by atoms with van der Waals surface area (Å²) in [6, 6.07) is 26.6. The lowest BCUT2D eigenvalue weighted by Gasteiger charge is -2.23. The molecule has 7 fully saturated rings. The smallest absolute Gasteiger partial charge is 0.254 e. The van der Waals surface area contributed by atoms with Crippen molar-refractivity contribution >= 4 is 142 Å². The summed E-state index contributed by atoms with van der Waals surface area (Å²) in [5.74, 6) is 0.334. The van der Waals surface area contributed by atoms with Crippen LogP contribution in [0.1, 0.15) is 116 Å². The molecule has 8 amide bonds. The molecule has 4 aromatic carbocycles. The van der Waals surface area contributed by atoms with Gasteiger partial charge in [0.1, 0.15) is 23.3 Å². The maximum absolute atomic E-state index is 13.5. The number of benzene rings is 4. The van der Waals surface area contributed by atoms with Gasteiger partial charge in [0.25, 0.3) is 23.6 Å². The van der Waals surface area contributed by atoms with Crippen molar-refractivity contribution in [1.82, 2.24) is 99.6 Å². The van der Waals surface area contributed by atoms with Crippen LogP contribution in [0.25, 0.3) is 46.9 Å². The molecule has 1 atom stereocenters. The average molecular weight is 1750 g/mol. The molecule has 1 unspecified atom stereocenters. The number of anilines is 8. The van der Waals surface area contributed by atoms with Gasteiger partial charge in [-0.15, -0.1) is 0 Å². The fourth-order valence-electron chi connectivity index (χ4n) is 14.5. The Balaban J connectivity index is 0.000000125. The summed E-state index contributed by atoms with van der Waals surface area (Å²) in [4.78, 5) is 132. The minimum Gasteiger partial charge on any atom is -0.381 e. The summed E-state index contributed by atoms with van der Waals surface area (Å²) >= 11 is 0. The highest BCUT2D eigenvalue weighted by atomic mass is 19.1. The second-order valence-electron chi connectivity index (χ2n) is 31.5. The summed E-state index contributed by atoms with van der Waals surface area (Å²) in [5, 5.41) is 49.6. The molecule has 0 spiro atoms. The summed E-state index contributed by atoms with van der Waals surface area (Å²) in [6.07, 6.45) is 21.6. The van der Waals surface area contributed by atoms with Gasteiger partial charge in [-0.25, -0.2) is 17.6 Å². The van der Waals surface area contributed by atoms with Gasteiger partial charge in [-0.2, -0.15) is 78.3 Å². The maximum atomic E-state index is 13.5. The van der Waals surface area contributed by atoms with Gasteiger partial charge < -0.3 is 46.9 Å². The number of aromatic nitrogens is 16. The minimum absolute atomic E-state index is 0.0210. The normalized spacial score (nSPS) is 17.2. The van der Waals surface area contributed by atoms with Crippen LogP contribution in [-0.4, -0.2) is 197 Å². The molecule has 11 N–H and O–H groups in total. The number of rotatable bonds is 28. The first kappa shape index (κ1) is 86.2. The van der Waals surface area contributed by atoms with E-state index in [1.54, 1.807) is 96.3 Å². The molecule has 19 rings (SSSR count). The summed E-state index contributed by atoms with van der Waals surface area (Å²) < 4.78 is 65.4. The van der Waals surface area contributed by atoms with Gasteiger partial charge in [-0.3, -0.25) is 59.6 Å². The Kier molecular flexibility index (Phi) is 26.2. The third kappa shape index (κ3) is 21.9. The SMILES string of the molecule is CC(Nc1nc(NCCc2cccc(F)c2)n2ncc(/C=C3\CC(=O)NC3=O)c2n1)C1CC1.CN(C)c1nc(NCCc2cccc(F)c2)n2ncc(/C=C3\CC(=O)NC3=O)c2n1.O=C1C/C(=C\c2cnn3c(NCCc4cccc(F)c4)nc(NC4CC4)nc23)C(=O)N1.O=C1C/C(=C\c2cnn3c(NCCc4cccc(F)c4)nc(NC4CCOCC4)nc23)C(=O)N1. The van der Waals surface area contributed by atoms with E-state index in [9.17, 15) is 55.9 Å². The second kappa shape index (κ2) is 38.8. The third-order valence-electron chi connectivity index (χ3n) is 21.4. The lowest BCUT2D eigenvalue weighted by molar-refractivity contribution is -0.125. The van der Waals surface area contributed by atoms with Crippen molar-refractivity contribution in [2.24, 2.45) is 5.92 Å². The number of imide groups is 4. The second-order valence-corrected chi connectivity index (χ2v) is 31.5. The van der Waals surface area contributed by atoms with E-state index in [2.05, 4.69) is 126 Å². The zero-order valence-corrected chi connectivity index (χ0v) is 69.6. The van der Waals surface area contributed by atoms with Crippen LogP contribution in [0.4, 0.5) is 65.1 Å². The Labute approximate surface area is 727 Å². The van der Waals surface area contributed by atoms with Gasteiger partial charge in [0.15, 0.2) is 22.6 Å². The molecule has 5 aliphatic heterocycles. The number of carbonyl (C=O) groups excluding carboxylic acids is 8. The molecule has 0 bridgehead atoms. The van der Waals surface area contributed by atoms with Gasteiger partial charge in [0, 0.05) is 116 Å². The van der Waals surface area contributed by atoms with E-state index in [0.717, 1.165) is 47.9 Å². The molecular formula is C87H88F4N28O9. The topological polar surface area (TPSA) is 454 Å². The number of ether oxygens (including phenoxy) is 1. The molecule has 2 aliphatic carbocycles. The van der Waals surface area contributed by atoms with Crippen molar-refractivity contribution in [2.75, 3.05) is 95.6 Å². The molecule has 37 nitrogen and oxygen atoms in total. The Morgan fingerprint density at radius 3 is 1.01 bits per heavy atom. The van der Waals surface area contributed by atoms with Crippen molar-refractivity contribution in [2.45, 2.75) is 115 Å². The Hall–Kier alpha value is -15.3. The Morgan fingerprint density at radius 2 is 0.711 bits per heavy atom. The fraction of sp³-hybridized carbons (Fsp3) is 0.310. The van der Waals surface area contributed by atoms with Gasteiger partial charge in [-0.05, 0) is 172 Å². The van der Waals surface area contributed by atoms with E-state index in [1.807, 2.05) is 38.4 Å². The van der Waals surface area contributed by atoms with Crippen LogP contribution in [0, 0.1) is 29.2 Å². The first-order chi connectivity index (χ1) is 62.0. The molecular weight excluding hydrogens is 1660 g/mol. The van der Waals surface area contributed by atoms with E-state index in [1.165, 1.54) is 61.4 Å². The third-order valence-corrected chi connectivity index (χ3v) is 21.4. The summed E-state index contributed by atoms with van der Waals surface area (Å²) in [7, 11) is 3.64. The van der Waals surface area contributed by atoms with Crippen LogP contribution in [0.3, 0.4) is 0 Å². The van der Waals surface area contributed by atoms with Crippen molar-refractivity contribution in [3.8, 4) is 0 Å². The van der Waals surface area contributed by atoms with E-state index in [0.29, 0.717) is 192 Å². The highest BCUT2D eigenvalue weighted by Crippen LogP contribution is 2.35. The maximum Gasteiger partial charge on any atom is 0.254 e. The number of carbonyl (C=O) groups is 8. The van der Waals surface area contributed by atoms with Crippen LogP contribution in [0.15, 0.2) is 144 Å². The molecule has 12 aromatic rings. The number of hydrogen-bond acceptors (Lipinski definition) is 29. The van der Waals surface area contributed by atoms with E-state index < -0.39 is 23.6 Å². The van der Waals surface area contributed by atoms with Crippen LogP contribution in [0.2, 0.25) is 0 Å². The van der Waals surface area contributed by atoms with E-state index in [4.69, 9.17) is 4.74 Å². The van der Waals surface area contributed by atoms with Crippen LogP contribution in [0.5, 0.6) is 0 Å². The first-order valence-corrected chi connectivity index (χ1v) is 41.7. The van der Waals surface area contributed by atoms with E-state index >= 15 is 0 Å².